The summed E-state index contributed by atoms with van der Waals surface area (Å²) in [5, 5.41) is 2.30. The van der Waals surface area contributed by atoms with Crippen LogP contribution in [0.3, 0.4) is 0 Å². The summed E-state index contributed by atoms with van der Waals surface area (Å²) >= 11 is 0. The normalized spacial score (nSPS) is 18.9. The summed E-state index contributed by atoms with van der Waals surface area (Å²) in [7, 11) is 0. The molecular weight excluding hydrogens is 375 g/mol. The van der Waals surface area contributed by atoms with Gasteiger partial charge in [0.05, 0.1) is 22.9 Å². The number of piperidine rings is 1. The van der Waals surface area contributed by atoms with Gasteiger partial charge in [0.15, 0.2) is 0 Å². The second-order valence-electron chi connectivity index (χ2n) is 7.16. The van der Waals surface area contributed by atoms with Crippen LogP contribution in [0.25, 0.3) is 22.3 Å². The molecule has 0 bridgehead atoms. The molecule has 8 heteroatoms. The van der Waals surface area contributed by atoms with Gasteiger partial charge in [-0.05, 0) is 36.2 Å². The summed E-state index contributed by atoms with van der Waals surface area (Å²) in [6.07, 6.45) is 2.11. The molecule has 144 valence electrons. The van der Waals surface area contributed by atoms with Crippen LogP contribution in [0.1, 0.15) is 28.8 Å². The SMILES string of the molecule is O=C1CCC(N2Cc3cc(-c4cnc5cc(F)ccc5n4)ccc3C2=O)C(=O)N1. The molecule has 0 aliphatic carbocycles. The van der Waals surface area contributed by atoms with Crippen molar-refractivity contribution in [3.8, 4) is 11.3 Å². The van der Waals surface area contributed by atoms with E-state index in [0.29, 0.717) is 35.3 Å². The molecule has 3 heterocycles. The van der Waals surface area contributed by atoms with E-state index in [1.807, 2.05) is 6.07 Å². The molecule has 1 fully saturated rings. The van der Waals surface area contributed by atoms with E-state index in [1.54, 1.807) is 24.4 Å². The second kappa shape index (κ2) is 6.44. The molecule has 1 saturated heterocycles. The first-order valence-corrected chi connectivity index (χ1v) is 9.20. The van der Waals surface area contributed by atoms with Gasteiger partial charge in [0.25, 0.3) is 5.91 Å². The predicted molar refractivity (Wildman–Crippen MR) is 101 cm³/mol. The zero-order chi connectivity index (χ0) is 20.1. The van der Waals surface area contributed by atoms with E-state index in [1.165, 1.54) is 17.0 Å². The van der Waals surface area contributed by atoms with Crippen LogP contribution in [-0.4, -0.2) is 38.6 Å². The molecule has 0 radical (unpaired) electrons. The molecule has 3 aromatic rings. The third kappa shape index (κ3) is 2.93. The minimum atomic E-state index is -0.647. The maximum Gasteiger partial charge on any atom is 0.255 e. The van der Waals surface area contributed by atoms with Crippen LogP contribution in [0.2, 0.25) is 0 Å². The first kappa shape index (κ1) is 17.4. The van der Waals surface area contributed by atoms with Crippen molar-refractivity contribution < 1.29 is 18.8 Å². The fourth-order valence-electron chi connectivity index (χ4n) is 3.86. The van der Waals surface area contributed by atoms with Crippen molar-refractivity contribution in [2.45, 2.75) is 25.4 Å². The second-order valence-corrected chi connectivity index (χ2v) is 7.16. The molecule has 0 saturated carbocycles. The van der Waals surface area contributed by atoms with E-state index in [4.69, 9.17) is 0 Å². The Labute approximate surface area is 164 Å². The first-order valence-electron chi connectivity index (χ1n) is 9.20. The molecule has 1 aromatic heterocycles. The summed E-state index contributed by atoms with van der Waals surface area (Å²) in [6.45, 7) is 0.292. The van der Waals surface area contributed by atoms with Crippen molar-refractivity contribution in [1.82, 2.24) is 20.2 Å². The van der Waals surface area contributed by atoms with E-state index < -0.39 is 11.9 Å². The van der Waals surface area contributed by atoms with Crippen LogP contribution < -0.4 is 5.32 Å². The van der Waals surface area contributed by atoms with Crippen LogP contribution in [0, 0.1) is 5.82 Å². The van der Waals surface area contributed by atoms with Crippen molar-refractivity contribution in [3.63, 3.8) is 0 Å². The number of imide groups is 1. The third-order valence-electron chi connectivity index (χ3n) is 5.32. The highest BCUT2D eigenvalue weighted by atomic mass is 19.1. The Balaban J connectivity index is 1.46. The lowest BCUT2D eigenvalue weighted by atomic mass is 10.0. The number of fused-ring (bicyclic) bond motifs is 2. The summed E-state index contributed by atoms with van der Waals surface area (Å²) in [5.41, 5.74) is 3.76. The molecule has 29 heavy (non-hydrogen) atoms. The number of hydrogen-bond acceptors (Lipinski definition) is 5. The number of nitrogens with zero attached hydrogens (tertiary/aromatic N) is 3. The monoisotopic (exact) mass is 390 g/mol. The number of hydrogen-bond donors (Lipinski definition) is 1. The summed E-state index contributed by atoms with van der Waals surface area (Å²) in [4.78, 5) is 46.6. The first-order chi connectivity index (χ1) is 14.0. The third-order valence-corrected chi connectivity index (χ3v) is 5.32. The molecule has 1 atom stereocenters. The van der Waals surface area contributed by atoms with E-state index in [9.17, 15) is 18.8 Å². The smallest absolute Gasteiger partial charge is 0.255 e. The molecule has 1 N–H and O–H groups in total. The number of carbonyl (C=O) groups is 3. The van der Waals surface area contributed by atoms with Crippen LogP contribution >= 0.6 is 0 Å². The van der Waals surface area contributed by atoms with Crippen molar-refractivity contribution >= 4 is 28.8 Å². The number of carbonyl (C=O) groups excluding carboxylic acids is 3. The predicted octanol–water partition coefficient (Wildman–Crippen LogP) is 2.20. The van der Waals surface area contributed by atoms with Crippen molar-refractivity contribution in [2.75, 3.05) is 0 Å². The zero-order valence-electron chi connectivity index (χ0n) is 15.2. The van der Waals surface area contributed by atoms with Gasteiger partial charge in [-0.1, -0.05) is 6.07 Å². The zero-order valence-corrected chi connectivity index (χ0v) is 15.2. The highest BCUT2D eigenvalue weighted by molar-refractivity contribution is 6.05. The van der Waals surface area contributed by atoms with E-state index in [2.05, 4.69) is 15.3 Å². The Morgan fingerprint density at radius 2 is 1.93 bits per heavy atom. The average molecular weight is 390 g/mol. The summed E-state index contributed by atoms with van der Waals surface area (Å²) in [5.74, 6) is -1.34. The number of nitrogens with one attached hydrogen (secondary N) is 1. The molecule has 0 spiro atoms. The van der Waals surface area contributed by atoms with Crippen LogP contribution in [0.5, 0.6) is 0 Å². The van der Waals surface area contributed by atoms with Gasteiger partial charge in [-0.3, -0.25) is 24.7 Å². The summed E-state index contributed by atoms with van der Waals surface area (Å²) < 4.78 is 13.3. The minimum absolute atomic E-state index is 0.217. The van der Waals surface area contributed by atoms with E-state index in [0.717, 1.165) is 11.1 Å². The average Bonchev–Trinajstić information content (AvgIpc) is 3.03. The molecule has 7 nitrogen and oxygen atoms in total. The van der Waals surface area contributed by atoms with Gasteiger partial charge in [0.1, 0.15) is 11.9 Å². The number of benzene rings is 2. The largest absolute Gasteiger partial charge is 0.322 e. The van der Waals surface area contributed by atoms with Gasteiger partial charge < -0.3 is 4.90 Å². The lowest BCUT2D eigenvalue weighted by Crippen LogP contribution is -2.52. The number of rotatable bonds is 2. The Morgan fingerprint density at radius 1 is 1.07 bits per heavy atom. The maximum absolute atomic E-state index is 13.3. The number of amides is 3. The molecule has 2 aliphatic rings. The molecule has 3 amide bonds. The Bertz CT molecular complexity index is 1210. The topological polar surface area (TPSA) is 92.3 Å². The van der Waals surface area contributed by atoms with Crippen molar-refractivity contribution in [2.24, 2.45) is 0 Å². The highest BCUT2D eigenvalue weighted by Gasteiger charge is 2.39. The van der Waals surface area contributed by atoms with Gasteiger partial charge >= 0.3 is 0 Å². The lowest BCUT2D eigenvalue weighted by molar-refractivity contribution is -0.136. The molecule has 5 rings (SSSR count). The standard InChI is InChI=1S/C21H15FN4O3/c22-13-2-4-15-16(8-13)23-9-17(24-15)11-1-3-14-12(7-11)10-26(21(14)29)18-5-6-19(27)25-20(18)28/h1-4,7-9,18H,5-6,10H2,(H,25,27,28). The van der Waals surface area contributed by atoms with Crippen LogP contribution in [0.15, 0.2) is 42.6 Å². The number of aromatic nitrogens is 2. The molecule has 2 aromatic carbocycles. The quantitative estimate of drug-likeness (QED) is 0.678. The Morgan fingerprint density at radius 3 is 2.76 bits per heavy atom. The van der Waals surface area contributed by atoms with E-state index in [-0.39, 0.29) is 24.1 Å². The van der Waals surface area contributed by atoms with Crippen molar-refractivity contribution in [1.29, 1.82) is 0 Å². The van der Waals surface area contributed by atoms with Gasteiger partial charge in [0.2, 0.25) is 11.8 Å². The van der Waals surface area contributed by atoms with Crippen molar-refractivity contribution in [3.05, 3.63) is 59.5 Å². The maximum atomic E-state index is 13.3. The van der Waals surface area contributed by atoms with Gasteiger partial charge in [-0.15, -0.1) is 0 Å². The lowest BCUT2D eigenvalue weighted by Gasteiger charge is -2.29. The van der Waals surface area contributed by atoms with Gasteiger partial charge in [-0.2, -0.15) is 0 Å². The highest BCUT2D eigenvalue weighted by Crippen LogP contribution is 2.31. The molecule has 2 aliphatic heterocycles. The Kier molecular flexibility index (Phi) is 3.87. The van der Waals surface area contributed by atoms with Gasteiger partial charge in [0, 0.05) is 30.2 Å². The molecular formula is C21H15FN4O3. The van der Waals surface area contributed by atoms with Crippen LogP contribution in [-0.2, 0) is 16.1 Å². The summed E-state index contributed by atoms with van der Waals surface area (Å²) in [6, 6.07) is 8.94. The fraction of sp³-hybridized carbons (Fsp3) is 0.190. The van der Waals surface area contributed by atoms with Gasteiger partial charge in [-0.25, -0.2) is 9.37 Å². The molecule has 1 unspecified atom stereocenters. The van der Waals surface area contributed by atoms with Crippen LogP contribution in [0.4, 0.5) is 4.39 Å². The minimum Gasteiger partial charge on any atom is -0.322 e. The van der Waals surface area contributed by atoms with E-state index >= 15 is 0 Å². The Hall–Kier alpha value is -3.68. The fourth-order valence-corrected chi connectivity index (χ4v) is 3.86. The number of halogens is 1.